The summed E-state index contributed by atoms with van der Waals surface area (Å²) in [6.07, 6.45) is -1.20. The summed E-state index contributed by atoms with van der Waals surface area (Å²) in [4.78, 5) is 14.6. The minimum atomic E-state index is -4.75. The van der Waals surface area contributed by atoms with Crippen molar-refractivity contribution in [2.75, 3.05) is 23.3 Å². The van der Waals surface area contributed by atoms with Crippen LogP contribution in [0.1, 0.15) is 29.6 Å². The standard InChI is InChI=1S/C19H19F3N2O2/c20-19(21,22)26-17-9-7-14(8-10-17)18(25)23-15-5-4-6-16(13-15)24-11-2-1-3-12-24/h4-10,13H,1-3,11-12H2,(H,23,25). The van der Waals surface area contributed by atoms with E-state index in [1.807, 2.05) is 18.2 Å². The topological polar surface area (TPSA) is 41.6 Å². The van der Waals surface area contributed by atoms with Gasteiger partial charge in [-0.1, -0.05) is 6.07 Å². The third-order valence-electron chi connectivity index (χ3n) is 4.18. The Morgan fingerprint density at radius 2 is 1.69 bits per heavy atom. The minimum Gasteiger partial charge on any atom is -0.406 e. The van der Waals surface area contributed by atoms with Gasteiger partial charge in [0.05, 0.1) is 0 Å². The minimum absolute atomic E-state index is 0.253. The van der Waals surface area contributed by atoms with Gasteiger partial charge in [-0.05, 0) is 61.7 Å². The summed E-state index contributed by atoms with van der Waals surface area (Å²) in [6, 6.07) is 12.4. The van der Waals surface area contributed by atoms with Crippen LogP contribution in [0.4, 0.5) is 24.5 Å². The number of amides is 1. The van der Waals surface area contributed by atoms with Crippen molar-refractivity contribution in [2.45, 2.75) is 25.6 Å². The summed E-state index contributed by atoms with van der Waals surface area (Å²) in [6.45, 7) is 2.00. The highest BCUT2D eigenvalue weighted by Gasteiger charge is 2.31. The van der Waals surface area contributed by atoms with Crippen molar-refractivity contribution in [3.8, 4) is 5.75 Å². The van der Waals surface area contributed by atoms with Gasteiger partial charge in [-0.2, -0.15) is 0 Å². The largest absolute Gasteiger partial charge is 0.573 e. The maximum atomic E-state index is 12.3. The highest BCUT2D eigenvalue weighted by Crippen LogP contribution is 2.25. The molecule has 1 saturated heterocycles. The van der Waals surface area contributed by atoms with Gasteiger partial charge in [0.25, 0.3) is 5.91 Å². The molecule has 1 heterocycles. The van der Waals surface area contributed by atoms with Crippen LogP contribution in [0.3, 0.4) is 0 Å². The summed E-state index contributed by atoms with van der Waals surface area (Å²) in [5.41, 5.74) is 1.95. The number of alkyl halides is 3. The molecule has 2 aromatic rings. The van der Waals surface area contributed by atoms with Crippen molar-refractivity contribution in [2.24, 2.45) is 0 Å². The molecule has 0 aliphatic carbocycles. The van der Waals surface area contributed by atoms with Crippen LogP contribution in [-0.4, -0.2) is 25.4 Å². The van der Waals surface area contributed by atoms with Crippen molar-refractivity contribution in [1.29, 1.82) is 0 Å². The molecular formula is C19H19F3N2O2. The van der Waals surface area contributed by atoms with E-state index in [0.717, 1.165) is 43.8 Å². The number of carbonyl (C=O) groups excluding carboxylic acids is 1. The third-order valence-corrected chi connectivity index (χ3v) is 4.18. The predicted octanol–water partition coefficient (Wildman–Crippen LogP) is 4.83. The number of rotatable bonds is 4. The SMILES string of the molecule is O=C(Nc1cccc(N2CCCCC2)c1)c1ccc(OC(F)(F)F)cc1. The highest BCUT2D eigenvalue weighted by molar-refractivity contribution is 6.04. The Hall–Kier alpha value is -2.70. The van der Waals surface area contributed by atoms with Crippen LogP contribution in [-0.2, 0) is 0 Å². The van der Waals surface area contributed by atoms with Crippen molar-refractivity contribution < 1.29 is 22.7 Å². The van der Waals surface area contributed by atoms with E-state index in [9.17, 15) is 18.0 Å². The molecule has 1 fully saturated rings. The summed E-state index contributed by atoms with van der Waals surface area (Å²) in [5, 5.41) is 2.78. The zero-order valence-corrected chi connectivity index (χ0v) is 14.1. The Balaban J connectivity index is 1.66. The van der Waals surface area contributed by atoms with Gasteiger partial charge in [0, 0.05) is 30.0 Å². The first-order chi connectivity index (χ1) is 12.4. The molecule has 0 radical (unpaired) electrons. The molecular weight excluding hydrogens is 345 g/mol. The van der Waals surface area contributed by atoms with Gasteiger partial charge in [-0.3, -0.25) is 4.79 Å². The molecule has 3 rings (SSSR count). The van der Waals surface area contributed by atoms with Gasteiger partial charge >= 0.3 is 6.36 Å². The molecule has 1 amide bonds. The second-order valence-electron chi connectivity index (χ2n) is 6.12. The van der Waals surface area contributed by atoms with Crippen LogP contribution >= 0.6 is 0 Å². The fourth-order valence-corrected chi connectivity index (χ4v) is 2.94. The van der Waals surface area contributed by atoms with Gasteiger partial charge in [0.1, 0.15) is 5.75 Å². The molecule has 0 aromatic heterocycles. The number of hydrogen-bond donors (Lipinski definition) is 1. The number of benzene rings is 2. The molecule has 0 unspecified atom stereocenters. The highest BCUT2D eigenvalue weighted by atomic mass is 19.4. The number of piperidine rings is 1. The summed E-state index contributed by atoms with van der Waals surface area (Å²) in [5.74, 6) is -0.750. The van der Waals surface area contributed by atoms with Gasteiger partial charge in [-0.15, -0.1) is 13.2 Å². The van der Waals surface area contributed by atoms with Crippen molar-refractivity contribution in [3.63, 3.8) is 0 Å². The van der Waals surface area contributed by atoms with E-state index in [-0.39, 0.29) is 17.2 Å². The first-order valence-electron chi connectivity index (χ1n) is 8.43. The molecule has 1 aliphatic rings. The number of ether oxygens (including phenoxy) is 1. The lowest BCUT2D eigenvalue weighted by Crippen LogP contribution is -2.29. The number of hydrogen-bond acceptors (Lipinski definition) is 3. The van der Waals surface area contributed by atoms with Gasteiger partial charge < -0.3 is 15.0 Å². The van der Waals surface area contributed by atoms with Gasteiger partial charge in [0.15, 0.2) is 0 Å². The molecule has 0 bridgehead atoms. The average Bonchev–Trinajstić information content (AvgIpc) is 2.62. The maximum Gasteiger partial charge on any atom is 0.573 e. The third kappa shape index (κ3) is 4.91. The van der Waals surface area contributed by atoms with Gasteiger partial charge in [0.2, 0.25) is 0 Å². The number of anilines is 2. The molecule has 1 aliphatic heterocycles. The number of carbonyl (C=O) groups is 1. The monoisotopic (exact) mass is 364 g/mol. The maximum absolute atomic E-state index is 12.3. The Kier molecular flexibility index (Phi) is 5.35. The lowest BCUT2D eigenvalue weighted by atomic mass is 10.1. The molecule has 2 aromatic carbocycles. The Bertz CT molecular complexity index is 754. The van der Waals surface area contributed by atoms with E-state index < -0.39 is 6.36 Å². The fourth-order valence-electron chi connectivity index (χ4n) is 2.94. The first-order valence-corrected chi connectivity index (χ1v) is 8.43. The quantitative estimate of drug-likeness (QED) is 0.845. The van der Waals surface area contributed by atoms with E-state index in [1.54, 1.807) is 6.07 Å². The van der Waals surface area contributed by atoms with Gasteiger partial charge in [-0.25, -0.2) is 0 Å². The van der Waals surface area contributed by atoms with Crippen LogP contribution in [0.2, 0.25) is 0 Å². The van der Waals surface area contributed by atoms with Crippen molar-refractivity contribution in [1.82, 2.24) is 0 Å². The predicted molar refractivity (Wildman–Crippen MR) is 93.6 cm³/mol. The Labute approximate surface area is 149 Å². The number of halogens is 3. The smallest absolute Gasteiger partial charge is 0.406 e. The van der Waals surface area contributed by atoms with E-state index >= 15 is 0 Å². The molecule has 26 heavy (non-hydrogen) atoms. The van der Waals surface area contributed by atoms with Crippen molar-refractivity contribution >= 4 is 17.3 Å². The lowest BCUT2D eigenvalue weighted by Gasteiger charge is -2.29. The van der Waals surface area contributed by atoms with Crippen LogP contribution in [0.15, 0.2) is 48.5 Å². The fraction of sp³-hybridized carbons (Fsp3) is 0.316. The van der Waals surface area contributed by atoms with Crippen LogP contribution in [0, 0.1) is 0 Å². The molecule has 7 heteroatoms. The van der Waals surface area contributed by atoms with E-state index in [2.05, 4.69) is 15.0 Å². The molecule has 0 saturated carbocycles. The Morgan fingerprint density at radius 1 is 1.00 bits per heavy atom. The number of nitrogens with one attached hydrogen (secondary N) is 1. The average molecular weight is 364 g/mol. The van der Waals surface area contributed by atoms with Crippen LogP contribution in [0.25, 0.3) is 0 Å². The normalized spacial score (nSPS) is 14.8. The first kappa shape index (κ1) is 18.1. The van der Waals surface area contributed by atoms with Crippen molar-refractivity contribution in [3.05, 3.63) is 54.1 Å². The molecule has 4 nitrogen and oxygen atoms in total. The second kappa shape index (κ2) is 7.68. The molecule has 0 atom stereocenters. The summed E-state index contributed by atoms with van der Waals surface area (Å²) < 4.78 is 40.3. The zero-order valence-electron chi connectivity index (χ0n) is 14.1. The van der Waals surface area contributed by atoms with E-state index in [1.165, 1.54) is 18.6 Å². The molecule has 138 valence electrons. The second-order valence-corrected chi connectivity index (χ2v) is 6.12. The summed E-state index contributed by atoms with van der Waals surface area (Å²) >= 11 is 0. The number of nitrogens with zero attached hydrogens (tertiary/aromatic N) is 1. The molecule has 1 N–H and O–H groups in total. The summed E-state index contributed by atoms with van der Waals surface area (Å²) in [7, 11) is 0. The van der Waals surface area contributed by atoms with E-state index in [0.29, 0.717) is 5.69 Å². The lowest BCUT2D eigenvalue weighted by molar-refractivity contribution is -0.274. The zero-order chi connectivity index (χ0) is 18.6. The molecule has 0 spiro atoms. The Morgan fingerprint density at radius 3 is 2.35 bits per heavy atom. The van der Waals surface area contributed by atoms with Crippen LogP contribution < -0.4 is 15.0 Å². The van der Waals surface area contributed by atoms with Crippen LogP contribution in [0.5, 0.6) is 5.75 Å². The van der Waals surface area contributed by atoms with E-state index in [4.69, 9.17) is 0 Å².